The van der Waals surface area contributed by atoms with Gasteiger partial charge in [-0.15, -0.1) is 0 Å². The van der Waals surface area contributed by atoms with Crippen molar-refractivity contribution in [2.24, 2.45) is 10.9 Å². The maximum absolute atomic E-state index is 11.8. The van der Waals surface area contributed by atoms with Gasteiger partial charge in [-0.05, 0) is 23.8 Å². The van der Waals surface area contributed by atoms with Crippen LogP contribution in [0.1, 0.15) is 5.56 Å². The van der Waals surface area contributed by atoms with Crippen molar-refractivity contribution in [2.75, 3.05) is 5.75 Å². The molecule has 0 aliphatic carbocycles. The first-order valence-corrected chi connectivity index (χ1v) is 7.61. The van der Waals surface area contributed by atoms with E-state index in [4.69, 9.17) is 5.73 Å². The number of nitrogens with zero attached hydrogens (tertiary/aromatic N) is 1. The van der Waals surface area contributed by atoms with E-state index in [1.54, 1.807) is 18.2 Å². The van der Waals surface area contributed by atoms with E-state index < -0.39 is 10.1 Å². The summed E-state index contributed by atoms with van der Waals surface area (Å²) in [4.78, 5) is 0.0658. The van der Waals surface area contributed by atoms with Crippen molar-refractivity contribution >= 4 is 26.9 Å². The highest BCUT2D eigenvalue weighted by Crippen LogP contribution is 2.17. The number of hydrogen-bond acceptors (Lipinski definition) is 6. The Labute approximate surface area is 110 Å². The summed E-state index contributed by atoms with van der Waals surface area (Å²) < 4.78 is 28.2. The lowest BCUT2D eigenvalue weighted by Crippen LogP contribution is -2.04. The van der Waals surface area contributed by atoms with E-state index in [0.717, 1.165) is 11.3 Å². The predicted molar refractivity (Wildman–Crippen MR) is 71.6 cm³/mol. The summed E-state index contributed by atoms with van der Waals surface area (Å²) in [6.07, 6.45) is 3.60. The van der Waals surface area contributed by atoms with Gasteiger partial charge in [-0.3, -0.25) is 4.28 Å². The second kappa shape index (κ2) is 5.55. The minimum Gasteiger partial charge on any atom is -0.326 e. The molecular formula is C11H12N2O3S2. The van der Waals surface area contributed by atoms with Crippen molar-refractivity contribution in [2.45, 2.75) is 11.4 Å². The molecule has 0 aromatic heterocycles. The first-order chi connectivity index (χ1) is 8.62. The molecule has 5 nitrogen and oxygen atoms in total. The molecule has 2 N–H and O–H groups in total. The molecule has 1 aliphatic rings. The van der Waals surface area contributed by atoms with Gasteiger partial charge in [0.1, 0.15) is 9.94 Å². The number of thioether (sulfide) groups is 1. The van der Waals surface area contributed by atoms with Crippen molar-refractivity contribution in [3.63, 3.8) is 0 Å². The molecule has 1 aliphatic heterocycles. The second-order valence-corrected chi connectivity index (χ2v) is 6.09. The van der Waals surface area contributed by atoms with Crippen molar-refractivity contribution in [3.8, 4) is 0 Å². The molecule has 1 aromatic rings. The number of hydrogen-bond donors (Lipinski definition) is 1. The van der Waals surface area contributed by atoms with Gasteiger partial charge in [0.05, 0.1) is 0 Å². The zero-order valence-corrected chi connectivity index (χ0v) is 11.1. The Morgan fingerprint density at radius 3 is 2.61 bits per heavy atom. The number of oxime groups is 1. The van der Waals surface area contributed by atoms with Gasteiger partial charge < -0.3 is 5.73 Å². The highest BCUT2D eigenvalue weighted by atomic mass is 32.2. The van der Waals surface area contributed by atoms with E-state index in [0.29, 0.717) is 11.6 Å². The molecule has 0 amide bonds. The molecule has 0 bridgehead atoms. The quantitative estimate of drug-likeness (QED) is 0.847. The Morgan fingerprint density at radius 1 is 1.33 bits per heavy atom. The van der Waals surface area contributed by atoms with Gasteiger partial charge in [-0.25, -0.2) is 0 Å². The van der Waals surface area contributed by atoms with Crippen LogP contribution in [0.2, 0.25) is 0 Å². The third-order valence-electron chi connectivity index (χ3n) is 2.26. The van der Waals surface area contributed by atoms with Crippen molar-refractivity contribution in [3.05, 3.63) is 42.0 Å². The summed E-state index contributed by atoms with van der Waals surface area (Å²) in [5.41, 5.74) is 6.29. The molecular weight excluding hydrogens is 272 g/mol. The Bertz CT molecular complexity index is 577. The smallest absolute Gasteiger partial charge is 0.326 e. The van der Waals surface area contributed by atoms with Crippen LogP contribution in [-0.4, -0.2) is 19.2 Å². The van der Waals surface area contributed by atoms with E-state index >= 15 is 0 Å². The zero-order chi connectivity index (χ0) is 13.0. The first-order valence-electron chi connectivity index (χ1n) is 5.22. The molecule has 18 heavy (non-hydrogen) atoms. The largest absolute Gasteiger partial charge is 0.358 e. The summed E-state index contributed by atoms with van der Waals surface area (Å²) in [6, 6.07) is 6.20. The normalized spacial score (nSPS) is 17.3. The lowest BCUT2D eigenvalue weighted by atomic mass is 10.2. The Hall–Kier alpha value is -1.31. The third-order valence-corrected chi connectivity index (χ3v) is 4.25. The molecule has 7 heteroatoms. The molecule has 0 saturated heterocycles. The second-order valence-electron chi connectivity index (χ2n) is 3.52. The molecule has 0 spiro atoms. The summed E-state index contributed by atoms with van der Waals surface area (Å²) in [6.45, 7) is 0.366. The van der Waals surface area contributed by atoms with Crippen molar-refractivity contribution in [1.29, 1.82) is 0 Å². The summed E-state index contributed by atoms with van der Waals surface area (Å²) in [5.74, 6) is 0.785. The van der Waals surface area contributed by atoms with E-state index in [2.05, 4.69) is 9.44 Å². The topological polar surface area (TPSA) is 81.8 Å². The molecule has 2 rings (SSSR count). The fourth-order valence-corrected chi connectivity index (χ4v) is 2.74. The lowest BCUT2D eigenvalue weighted by Gasteiger charge is -2.03. The Morgan fingerprint density at radius 2 is 2.06 bits per heavy atom. The first kappa shape index (κ1) is 13.1. The van der Waals surface area contributed by atoms with Gasteiger partial charge in [0.15, 0.2) is 0 Å². The summed E-state index contributed by atoms with van der Waals surface area (Å²) in [7, 11) is -3.85. The minimum absolute atomic E-state index is 0.0658. The van der Waals surface area contributed by atoms with E-state index in [1.807, 2.05) is 6.08 Å². The highest BCUT2D eigenvalue weighted by molar-refractivity contribution is 8.14. The molecule has 0 radical (unpaired) electrons. The molecule has 1 heterocycles. The van der Waals surface area contributed by atoms with Crippen LogP contribution in [0.25, 0.3) is 0 Å². The average Bonchev–Trinajstić information content (AvgIpc) is 2.90. The maximum atomic E-state index is 11.8. The van der Waals surface area contributed by atoms with Gasteiger partial charge in [-0.2, -0.15) is 8.42 Å². The van der Waals surface area contributed by atoms with E-state index in [1.165, 1.54) is 23.9 Å². The SMILES string of the molecule is NCc1ccc(S(=O)(=O)ON=C2C=CCS2)cc1. The number of benzene rings is 1. The van der Waals surface area contributed by atoms with Crippen LogP contribution in [0.3, 0.4) is 0 Å². The van der Waals surface area contributed by atoms with Crippen LogP contribution in [-0.2, 0) is 20.9 Å². The van der Waals surface area contributed by atoms with Gasteiger partial charge in [-0.1, -0.05) is 35.1 Å². The van der Waals surface area contributed by atoms with E-state index in [-0.39, 0.29) is 4.90 Å². The maximum Gasteiger partial charge on any atom is 0.358 e. The van der Waals surface area contributed by atoms with E-state index in [9.17, 15) is 8.42 Å². The molecule has 0 saturated carbocycles. The fourth-order valence-electron chi connectivity index (χ4n) is 1.31. The van der Waals surface area contributed by atoms with Gasteiger partial charge >= 0.3 is 10.1 Å². The van der Waals surface area contributed by atoms with Gasteiger partial charge in [0.2, 0.25) is 0 Å². The third kappa shape index (κ3) is 3.12. The van der Waals surface area contributed by atoms with Crippen LogP contribution in [0.15, 0.2) is 46.5 Å². The van der Waals surface area contributed by atoms with Crippen molar-refractivity contribution in [1.82, 2.24) is 0 Å². The summed E-state index contributed by atoms with van der Waals surface area (Å²) >= 11 is 1.42. The number of rotatable bonds is 4. The van der Waals surface area contributed by atoms with Crippen LogP contribution < -0.4 is 5.73 Å². The van der Waals surface area contributed by atoms with Crippen LogP contribution in [0.5, 0.6) is 0 Å². The molecule has 96 valence electrons. The average molecular weight is 284 g/mol. The van der Waals surface area contributed by atoms with Crippen LogP contribution in [0, 0.1) is 0 Å². The highest BCUT2D eigenvalue weighted by Gasteiger charge is 2.16. The fraction of sp³-hybridized carbons (Fsp3) is 0.182. The van der Waals surface area contributed by atoms with Gasteiger partial charge in [0, 0.05) is 12.3 Å². The van der Waals surface area contributed by atoms with Crippen LogP contribution in [0.4, 0.5) is 0 Å². The van der Waals surface area contributed by atoms with Gasteiger partial charge in [0.25, 0.3) is 0 Å². The Kier molecular flexibility index (Phi) is 4.05. The monoisotopic (exact) mass is 284 g/mol. The summed E-state index contributed by atoms with van der Waals surface area (Å²) in [5, 5.41) is 4.15. The standard InChI is InChI=1S/C11H12N2O3S2/c12-8-9-3-5-10(6-4-9)18(14,15)16-13-11-2-1-7-17-11/h1-6H,7-8,12H2. The number of nitrogens with two attached hydrogens (primary N) is 1. The molecule has 1 aromatic carbocycles. The molecule has 0 fully saturated rings. The van der Waals surface area contributed by atoms with Crippen molar-refractivity contribution < 1.29 is 12.7 Å². The molecule has 0 atom stereocenters. The Balaban J connectivity index is 2.14. The zero-order valence-electron chi connectivity index (χ0n) is 9.44. The van der Waals surface area contributed by atoms with Crippen LogP contribution >= 0.6 is 11.8 Å². The minimum atomic E-state index is -3.85. The molecule has 0 unspecified atom stereocenters. The predicted octanol–water partition coefficient (Wildman–Crippen LogP) is 1.47. The lowest BCUT2D eigenvalue weighted by molar-refractivity contribution is 0.340.